The van der Waals surface area contributed by atoms with Crippen LogP contribution in [0.5, 0.6) is 0 Å². The number of rotatable bonds is 5. The molecule has 0 unspecified atom stereocenters. The summed E-state index contributed by atoms with van der Waals surface area (Å²) in [6, 6.07) is 15.2. The van der Waals surface area contributed by atoms with Crippen LogP contribution in [0.15, 0.2) is 64.2 Å². The number of para-hydroxylation sites is 1. The Bertz CT molecular complexity index is 2100. The Hall–Kier alpha value is -4.55. The molecule has 5 aromatic rings. The Morgan fingerprint density at radius 2 is 1.82 bits per heavy atom. The summed E-state index contributed by atoms with van der Waals surface area (Å²) < 4.78 is 32.1. The van der Waals surface area contributed by atoms with Crippen LogP contribution in [0.3, 0.4) is 0 Å². The predicted molar refractivity (Wildman–Crippen MR) is 153 cm³/mol. The minimum Gasteiger partial charge on any atom is -0.477 e. The quantitative estimate of drug-likeness (QED) is 0.248. The lowest BCUT2D eigenvalue weighted by molar-refractivity contribution is 0.0687. The van der Waals surface area contributed by atoms with Crippen LogP contribution in [0.2, 0.25) is 5.02 Å². The smallest absolute Gasteiger partial charge is 0.354 e. The Labute approximate surface area is 231 Å². The number of halogens is 1. The van der Waals surface area contributed by atoms with E-state index < -0.39 is 27.4 Å². The molecule has 6 rings (SSSR count). The van der Waals surface area contributed by atoms with Gasteiger partial charge in [0.25, 0.3) is 5.56 Å². The molecule has 2 aromatic heterocycles. The van der Waals surface area contributed by atoms with Crippen LogP contribution in [0.1, 0.15) is 34.1 Å². The van der Waals surface area contributed by atoms with E-state index in [0.29, 0.717) is 34.1 Å². The van der Waals surface area contributed by atoms with Gasteiger partial charge in [0.2, 0.25) is 0 Å². The van der Waals surface area contributed by atoms with Crippen molar-refractivity contribution in [2.24, 2.45) is 0 Å². The predicted octanol–water partition coefficient (Wildman–Crippen LogP) is 3.81. The molecule has 1 aliphatic rings. The number of carboxylic acid groups (broad SMARTS) is 1. The van der Waals surface area contributed by atoms with Gasteiger partial charge in [0.15, 0.2) is 5.69 Å². The average Bonchev–Trinajstić information content (AvgIpc) is 3.21. The van der Waals surface area contributed by atoms with Crippen molar-refractivity contribution in [1.29, 1.82) is 0 Å². The molecule has 1 aliphatic heterocycles. The highest BCUT2D eigenvalue weighted by Crippen LogP contribution is 2.41. The highest BCUT2D eigenvalue weighted by molar-refractivity contribution is 7.94. The number of aromatic nitrogens is 3. The summed E-state index contributed by atoms with van der Waals surface area (Å²) in [6.07, 6.45) is 0.647. The van der Waals surface area contributed by atoms with Crippen molar-refractivity contribution in [3.63, 3.8) is 0 Å². The number of aromatic amines is 2. The maximum Gasteiger partial charge on any atom is 0.354 e. The van der Waals surface area contributed by atoms with Gasteiger partial charge in [-0.15, -0.1) is 0 Å². The van der Waals surface area contributed by atoms with Crippen LogP contribution in [-0.4, -0.2) is 34.0 Å². The number of benzene rings is 3. The van der Waals surface area contributed by atoms with Crippen molar-refractivity contribution in [1.82, 2.24) is 14.5 Å². The molecule has 40 heavy (non-hydrogen) atoms. The lowest BCUT2D eigenvalue weighted by Crippen LogP contribution is -2.40. The minimum absolute atomic E-state index is 0.0268. The highest BCUT2D eigenvalue weighted by atomic mass is 35.5. The van der Waals surface area contributed by atoms with E-state index in [2.05, 4.69) is 14.7 Å². The molecule has 0 aliphatic carbocycles. The van der Waals surface area contributed by atoms with Crippen LogP contribution < -0.4 is 20.3 Å². The van der Waals surface area contributed by atoms with E-state index >= 15 is 0 Å². The molecular weight excluding hydrogens is 558 g/mol. The molecule has 0 atom stereocenters. The molecule has 204 valence electrons. The summed E-state index contributed by atoms with van der Waals surface area (Å²) in [5, 5.41) is 11.3. The third-order valence-corrected chi connectivity index (χ3v) is 8.78. The molecule has 3 aromatic carbocycles. The second-order valence-electron chi connectivity index (χ2n) is 9.46. The largest absolute Gasteiger partial charge is 0.477 e. The Balaban J connectivity index is 1.61. The SMILES string of the molecule is CCc1ccc2c(c1)c(N1Cc3ccccc3NS1(=O)=O)c(C(=O)O)n2Cc1cc2c(=O)[nH]c(=O)[nH]c2cc1Cl. The molecule has 4 N–H and O–H groups in total. The number of nitrogens with zero attached hydrogens (tertiary/aromatic N) is 2. The topological polar surface area (TPSA) is 157 Å². The number of carbonyl (C=O) groups is 1. The maximum atomic E-state index is 13.5. The number of anilines is 2. The first-order valence-electron chi connectivity index (χ1n) is 12.3. The van der Waals surface area contributed by atoms with E-state index in [1.54, 1.807) is 36.4 Å². The molecule has 0 saturated carbocycles. The van der Waals surface area contributed by atoms with Crippen molar-refractivity contribution >= 4 is 61.0 Å². The van der Waals surface area contributed by atoms with E-state index in [0.717, 1.165) is 9.87 Å². The van der Waals surface area contributed by atoms with Gasteiger partial charge in [-0.3, -0.25) is 14.5 Å². The Morgan fingerprint density at radius 3 is 2.58 bits per heavy atom. The van der Waals surface area contributed by atoms with Crippen LogP contribution >= 0.6 is 11.6 Å². The second-order valence-corrected chi connectivity index (χ2v) is 11.5. The van der Waals surface area contributed by atoms with Crippen molar-refractivity contribution in [3.05, 3.63) is 103 Å². The number of fused-ring (bicyclic) bond motifs is 3. The third kappa shape index (κ3) is 4.12. The normalized spacial score (nSPS) is 14.3. The molecule has 0 spiro atoms. The summed E-state index contributed by atoms with van der Waals surface area (Å²) in [7, 11) is -4.16. The summed E-state index contributed by atoms with van der Waals surface area (Å²) >= 11 is 6.53. The molecule has 0 amide bonds. The molecule has 0 saturated heterocycles. The summed E-state index contributed by atoms with van der Waals surface area (Å²) in [5.41, 5.74) is 1.60. The second kappa shape index (κ2) is 9.28. The molecule has 13 heteroatoms. The summed E-state index contributed by atoms with van der Waals surface area (Å²) in [4.78, 5) is 41.7. The fourth-order valence-electron chi connectivity index (χ4n) is 5.15. The van der Waals surface area contributed by atoms with Crippen molar-refractivity contribution in [2.45, 2.75) is 26.4 Å². The van der Waals surface area contributed by atoms with E-state index in [9.17, 15) is 27.9 Å². The first-order valence-corrected chi connectivity index (χ1v) is 14.1. The Kier molecular flexibility index (Phi) is 5.97. The summed E-state index contributed by atoms with van der Waals surface area (Å²) in [5.74, 6) is -1.34. The number of H-pyrrole nitrogens is 2. The van der Waals surface area contributed by atoms with Crippen molar-refractivity contribution < 1.29 is 18.3 Å². The maximum absolute atomic E-state index is 13.5. The number of aryl methyl sites for hydroxylation is 1. The number of hydrogen-bond acceptors (Lipinski definition) is 5. The molecule has 3 heterocycles. The van der Waals surface area contributed by atoms with Crippen molar-refractivity contribution in [3.8, 4) is 0 Å². The molecule has 0 fully saturated rings. The van der Waals surface area contributed by atoms with Gasteiger partial charge in [0, 0.05) is 17.0 Å². The molecule has 0 radical (unpaired) electrons. The average molecular weight is 580 g/mol. The third-order valence-electron chi connectivity index (χ3n) is 7.06. The number of carboxylic acids is 1. The van der Waals surface area contributed by atoms with Gasteiger partial charge in [-0.05, 0) is 53.4 Å². The van der Waals surface area contributed by atoms with Gasteiger partial charge in [-0.2, -0.15) is 8.42 Å². The first-order chi connectivity index (χ1) is 19.1. The first kappa shape index (κ1) is 25.7. The highest BCUT2D eigenvalue weighted by Gasteiger charge is 2.36. The minimum atomic E-state index is -4.16. The van der Waals surface area contributed by atoms with E-state index in [-0.39, 0.29) is 40.4 Å². The van der Waals surface area contributed by atoms with Crippen LogP contribution in [0, 0.1) is 0 Å². The molecule has 0 bridgehead atoms. The van der Waals surface area contributed by atoms with Gasteiger partial charge in [0.1, 0.15) is 0 Å². The number of nitrogens with one attached hydrogen (secondary N) is 3. The van der Waals surface area contributed by atoms with Crippen molar-refractivity contribution in [2.75, 3.05) is 9.03 Å². The zero-order valence-corrected chi connectivity index (χ0v) is 22.6. The fourth-order valence-corrected chi connectivity index (χ4v) is 6.70. The van der Waals surface area contributed by atoms with Gasteiger partial charge in [0.05, 0.1) is 34.3 Å². The van der Waals surface area contributed by atoms with E-state index in [1.165, 1.54) is 16.7 Å². The monoisotopic (exact) mass is 579 g/mol. The molecular formula is C27H22ClN5O6S. The van der Waals surface area contributed by atoms with Crippen LogP contribution in [0.25, 0.3) is 21.8 Å². The summed E-state index contributed by atoms with van der Waals surface area (Å²) in [6.45, 7) is 1.79. The van der Waals surface area contributed by atoms with Gasteiger partial charge in [-0.1, -0.05) is 42.8 Å². The number of hydrogen-bond donors (Lipinski definition) is 4. The zero-order chi connectivity index (χ0) is 28.3. The lowest BCUT2D eigenvalue weighted by Gasteiger charge is -2.31. The van der Waals surface area contributed by atoms with E-state index in [4.69, 9.17) is 11.6 Å². The standard InChI is InChI=1S/C27H22ClN5O6S/c1-2-14-7-8-22-18(9-14)23(33-13-15-5-3-4-6-20(15)31-40(33,38)39)24(26(35)36)32(22)12-16-10-17-21(11-19(16)28)29-27(37)30-25(17)34/h3-11,31H,2,12-13H2,1H3,(H,35,36)(H2,29,30,34,37). The van der Waals surface area contributed by atoms with Crippen LogP contribution in [0.4, 0.5) is 11.4 Å². The Morgan fingerprint density at radius 1 is 1.05 bits per heavy atom. The van der Waals surface area contributed by atoms with Gasteiger partial charge < -0.3 is 14.7 Å². The lowest BCUT2D eigenvalue weighted by atomic mass is 10.1. The fraction of sp³-hybridized carbons (Fsp3) is 0.148. The van der Waals surface area contributed by atoms with Gasteiger partial charge in [-0.25, -0.2) is 13.9 Å². The zero-order valence-electron chi connectivity index (χ0n) is 21.0. The number of aromatic carboxylic acids is 1. The van der Waals surface area contributed by atoms with E-state index in [1.807, 2.05) is 13.0 Å². The van der Waals surface area contributed by atoms with Gasteiger partial charge >= 0.3 is 21.9 Å². The van der Waals surface area contributed by atoms with Crippen LogP contribution in [-0.2, 0) is 29.7 Å². The molecule has 11 nitrogen and oxygen atoms in total.